The molecule has 0 radical (unpaired) electrons. The van der Waals surface area contributed by atoms with Crippen molar-refractivity contribution in [3.63, 3.8) is 0 Å². The quantitative estimate of drug-likeness (QED) is 0.585. The molecule has 0 fully saturated rings. The third-order valence-electron chi connectivity index (χ3n) is 5.22. The van der Waals surface area contributed by atoms with E-state index in [4.69, 9.17) is 9.47 Å². The van der Waals surface area contributed by atoms with Crippen molar-refractivity contribution < 1.29 is 17.9 Å². The number of halogens is 1. The fourth-order valence-electron chi connectivity index (χ4n) is 3.48. The van der Waals surface area contributed by atoms with Crippen molar-refractivity contribution in [1.82, 2.24) is 4.72 Å². The molecule has 1 unspecified atom stereocenters. The van der Waals surface area contributed by atoms with Gasteiger partial charge in [-0.3, -0.25) is 0 Å². The maximum Gasteiger partial charge on any atom is 0.241 e. The summed E-state index contributed by atoms with van der Waals surface area (Å²) >= 11 is 2.08. The number of fused-ring (bicyclic) bond motifs is 1. The largest absolute Gasteiger partial charge is 0.496 e. The van der Waals surface area contributed by atoms with Crippen LogP contribution in [0.2, 0.25) is 0 Å². The summed E-state index contributed by atoms with van der Waals surface area (Å²) in [6, 6.07) is 12.2. The number of methoxy groups -OCH3 is 1. The van der Waals surface area contributed by atoms with E-state index < -0.39 is 10.0 Å². The Morgan fingerprint density at radius 3 is 2.56 bits per heavy atom. The van der Waals surface area contributed by atoms with E-state index in [1.807, 2.05) is 24.3 Å². The van der Waals surface area contributed by atoms with Gasteiger partial charge in [0.1, 0.15) is 17.1 Å². The van der Waals surface area contributed by atoms with Crippen molar-refractivity contribution in [2.75, 3.05) is 7.11 Å². The molecule has 3 rings (SSSR count). The Morgan fingerprint density at radius 2 is 1.93 bits per heavy atom. The van der Waals surface area contributed by atoms with Gasteiger partial charge in [0.15, 0.2) is 0 Å². The summed E-state index contributed by atoms with van der Waals surface area (Å²) < 4.78 is 41.3. The van der Waals surface area contributed by atoms with Crippen molar-refractivity contribution in [3.8, 4) is 11.5 Å². The highest BCUT2D eigenvalue weighted by Gasteiger charge is 2.40. The zero-order valence-corrected chi connectivity index (χ0v) is 18.6. The molecule has 1 aliphatic heterocycles. The number of para-hydroxylation sites is 1. The Kier molecular flexibility index (Phi) is 6.02. The summed E-state index contributed by atoms with van der Waals surface area (Å²) in [7, 11) is -2.12. The van der Waals surface area contributed by atoms with Crippen molar-refractivity contribution in [2.45, 2.75) is 49.6 Å². The third-order valence-corrected chi connectivity index (χ3v) is 7.53. The number of hydrogen-bond donors (Lipinski definition) is 1. The van der Waals surface area contributed by atoms with Gasteiger partial charge in [-0.1, -0.05) is 32.0 Å². The van der Waals surface area contributed by atoms with E-state index >= 15 is 0 Å². The maximum absolute atomic E-state index is 13.1. The Balaban J connectivity index is 1.96. The predicted octanol–water partition coefficient (Wildman–Crippen LogP) is 4.66. The van der Waals surface area contributed by atoms with Crippen molar-refractivity contribution >= 4 is 32.6 Å². The van der Waals surface area contributed by atoms with Crippen LogP contribution in [-0.2, 0) is 10.0 Å². The molecule has 27 heavy (non-hydrogen) atoms. The standard InChI is InChI=1S/C20H24INO4S/c1-4-20(5-2)13-17(15-8-6-7-9-18(15)26-20)22-27(23,24)14-10-11-19(25-3)16(21)12-14/h6-12,17,22H,4-5,13H2,1-3H3. The highest BCUT2D eigenvalue weighted by Crippen LogP contribution is 2.43. The first kappa shape index (κ1) is 20.4. The minimum absolute atomic E-state index is 0.232. The molecule has 1 heterocycles. The molecule has 0 saturated heterocycles. The summed E-state index contributed by atoms with van der Waals surface area (Å²) in [5, 5.41) is 0. The summed E-state index contributed by atoms with van der Waals surface area (Å²) in [4.78, 5) is 0.232. The first-order valence-corrected chi connectivity index (χ1v) is 11.5. The fraction of sp³-hybridized carbons (Fsp3) is 0.400. The summed E-state index contributed by atoms with van der Waals surface area (Å²) in [5.74, 6) is 1.41. The fourth-order valence-corrected chi connectivity index (χ4v) is 5.66. The second-order valence-corrected chi connectivity index (χ2v) is 9.58. The maximum atomic E-state index is 13.1. The van der Waals surface area contributed by atoms with Gasteiger partial charge in [0.05, 0.1) is 21.6 Å². The lowest BCUT2D eigenvalue weighted by Crippen LogP contribution is -2.44. The summed E-state index contributed by atoms with van der Waals surface area (Å²) in [6.07, 6.45) is 2.23. The normalized spacial score (nSPS) is 18.4. The Hall–Kier alpha value is -1.32. The van der Waals surface area contributed by atoms with Gasteiger partial charge >= 0.3 is 0 Å². The topological polar surface area (TPSA) is 64.6 Å². The Morgan fingerprint density at radius 1 is 1.22 bits per heavy atom. The van der Waals surface area contributed by atoms with E-state index in [1.165, 1.54) is 0 Å². The molecule has 0 aromatic heterocycles. The van der Waals surface area contributed by atoms with Gasteiger partial charge in [0.2, 0.25) is 10.0 Å². The molecule has 0 saturated carbocycles. The van der Waals surface area contributed by atoms with Crippen LogP contribution in [0.15, 0.2) is 47.4 Å². The number of ether oxygens (including phenoxy) is 2. The Bertz CT molecular complexity index is 925. The molecular weight excluding hydrogens is 477 g/mol. The zero-order chi connectivity index (χ0) is 19.7. The molecule has 0 bridgehead atoms. The molecule has 0 spiro atoms. The average Bonchev–Trinajstić information content (AvgIpc) is 2.67. The van der Waals surface area contributed by atoms with Crippen molar-refractivity contribution in [1.29, 1.82) is 0 Å². The van der Waals surface area contributed by atoms with Gasteiger partial charge < -0.3 is 9.47 Å². The van der Waals surface area contributed by atoms with Crippen LogP contribution in [-0.4, -0.2) is 21.1 Å². The summed E-state index contributed by atoms with van der Waals surface area (Å²) in [6.45, 7) is 4.16. The van der Waals surface area contributed by atoms with Crippen molar-refractivity contribution in [3.05, 3.63) is 51.6 Å². The van der Waals surface area contributed by atoms with E-state index in [0.29, 0.717) is 12.2 Å². The predicted molar refractivity (Wildman–Crippen MR) is 114 cm³/mol. The first-order valence-electron chi connectivity index (χ1n) is 8.98. The van der Waals surface area contributed by atoms with Gasteiger partial charge in [0, 0.05) is 12.0 Å². The van der Waals surface area contributed by atoms with Gasteiger partial charge in [-0.2, -0.15) is 0 Å². The minimum atomic E-state index is -3.68. The third kappa shape index (κ3) is 4.09. The molecule has 5 nitrogen and oxygen atoms in total. The summed E-state index contributed by atoms with van der Waals surface area (Å²) in [5.41, 5.74) is 0.511. The van der Waals surface area contributed by atoms with E-state index in [-0.39, 0.29) is 16.5 Å². The van der Waals surface area contributed by atoms with Crippen LogP contribution in [0.25, 0.3) is 0 Å². The first-order chi connectivity index (χ1) is 12.8. The number of hydrogen-bond acceptors (Lipinski definition) is 4. The number of rotatable bonds is 6. The van der Waals surface area contributed by atoms with Crippen LogP contribution >= 0.6 is 22.6 Å². The molecular formula is C20H24INO4S. The van der Waals surface area contributed by atoms with E-state index in [9.17, 15) is 8.42 Å². The minimum Gasteiger partial charge on any atom is -0.496 e. The van der Waals surface area contributed by atoms with Crippen LogP contribution < -0.4 is 14.2 Å². The van der Waals surface area contributed by atoms with Gasteiger partial charge in [-0.15, -0.1) is 0 Å². The van der Waals surface area contributed by atoms with Crippen LogP contribution in [0.5, 0.6) is 11.5 Å². The van der Waals surface area contributed by atoms with Gasteiger partial charge in [-0.05, 0) is 59.7 Å². The molecule has 0 amide bonds. The molecule has 146 valence electrons. The van der Waals surface area contributed by atoms with Crippen LogP contribution in [0.1, 0.15) is 44.7 Å². The van der Waals surface area contributed by atoms with E-state index in [1.54, 1.807) is 25.3 Å². The number of benzene rings is 2. The van der Waals surface area contributed by atoms with Gasteiger partial charge in [0.25, 0.3) is 0 Å². The monoisotopic (exact) mass is 501 g/mol. The van der Waals surface area contributed by atoms with Crippen LogP contribution in [0.4, 0.5) is 0 Å². The molecule has 2 aromatic rings. The molecule has 0 aliphatic carbocycles. The zero-order valence-electron chi connectivity index (χ0n) is 15.7. The van der Waals surface area contributed by atoms with Crippen LogP contribution in [0, 0.1) is 3.57 Å². The van der Waals surface area contributed by atoms with E-state index in [0.717, 1.165) is 27.7 Å². The smallest absolute Gasteiger partial charge is 0.241 e. The second kappa shape index (κ2) is 7.97. The average molecular weight is 501 g/mol. The second-order valence-electron chi connectivity index (χ2n) is 6.70. The lowest BCUT2D eigenvalue weighted by atomic mass is 9.84. The lowest BCUT2D eigenvalue weighted by Gasteiger charge is -2.41. The van der Waals surface area contributed by atoms with Crippen molar-refractivity contribution in [2.24, 2.45) is 0 Å². The molecule has 2 aromatic carbocycles. The molecule has 7 heteroatoms. The SMILES string of the molecule is CCC1(CC)CC(NS(=O)(=O)c2ccc(OC)c(I)c2)c2ccccc2O1. The van der Waals surface area contributed by atoms with E-state index in [2.05, 4.69) is 41.2 Å². The Labute approximate surface area is 174 Å². The molecule has 1 aliphatic rings. The molecule has 1 N–H and O–H groups in total. The van der Waals surface area contributed by atoms with Crippen LogP contribution in [0.3, 0.4) is 0 Å². The highest BCUT2D eigenvalue weighted by molar-refractivity contribution is 14.1. The molecule has 1 atom stereocenters. The lowest BCUT2D eigenvalue weighted by molar-refractivity contribution is 0.0260. The van der Waals surface area contributed by atoms with Gasteiger partial charge in [-0.25, -0.2) is 13.1 Å². The highest BCUT2D eigenvalue weighted by atomic mass is 127. The number of sulfonamides is 1. The number of nitrogens with one attached hydrogen (secondary N) is 1.